The molecule has 1 aliphatic heterocycles. The zero-order chi connectivity index (χ0) is 26.4. The summed E-state index contributed by atoms with van der Waals surface area (Å²) in [6.07, 6.45) is 1.05. The van der Waals surface area contributed by atoms with Crippen molar-refractivity contribution in [2.45, 2.75) is 26.4 Å². The number of anilines is 2. The van der Waals surface area contributed by atoms with Crippen LogP contribution in [0.2, 0.25) is 5.02 Å². The highest BCUT2D eigenvalue weighted by Gasteiger charge is 2.24. The molecule has 0 spiro atoms. The van der Waals surface area contributed by atoms with Crippen molar-refractivity contribution in [3.63, 3.8) is 0 Å². The molecule has 4 rings (SSSR count). The second-order valence-corrected chi connectivity index (χ2v) is 9.42. The van der Waals surface area contributed by atoms with Crippen molar-refractivity contribution in [2.24, 2.45) is 0 Å². The number of nitrogens with one attached hydrogen (secondary N) is 1. The summed E-state index contributed by atoms with van der Waals surface area (Å²) in [5, 5.41) is 3.44. The molecule has 0 radical (unpaired) electrons. The largest absolute Gasteiger partial charge is 0.496 e. The Balaban J connectivity index is 1.31. The average molecular weight is 522 g/mol. The molecule has 1 aliphatic rings. The molecule has 0 unspecified atom stereocenters. The molecule has 7 nitrogen and oxygen atoms in total. The number of hydrogen-bond acceptors (Lipinski definition) is 5. The molecule has 3 aromatic carbocycles. The molecule has 194 valence electrons. The fourth-order valence-electron chi connectivity index (χ4n) is 4.14. The summed E-state index contributed by atoms with van der Waals surface area (Å²) in [6.45, 7) is 6.66. The molecule has 0 saturated carbocycles. The lowest BCUT2D eigenvalue weighted by Crippen LogP contribution is -2.48. The highest BCUT2D eigenvalue weighted by atomic mass is 35.5. The number of ether oxygens (including phenoxy) is 2. The van der Waals surface area contributed by atoms with Crippen molar-refractivity contribution in [3.8, 4) is 11.5 Å². The van der Waals surface area contributed by atoms with Crippen LogP contribution in [-0.4, -0.2) is 56.1 Å². The van der Waals surface area contributed by atoms with Crippen molar-refractivity contribution < 1.29 is 19.1 Å². The number of halogens is 1. The van der Waals surface area contributed by atoms with Crippen LogP contribution in [0, 0.1) is 0 Å². The first-order chi connectivity index (χ1) is 17.9. The number of piperazine rings is 1. The molecule has 0 aliphatic carbocycles. The fourth-order valence-corrected chi connectivity index (χ4v) is 4.32. The topological polar surface area (TPSA) is 71.1 Å². The van der Waals surface area contributed by atoms with Crippen LogP contribution in [0.4, 0.5) is 11.4 Å². The first-order valence-electron chi connectivity index (χ1n) is 12.4. The van der Waals surface area contributed by atoms with E-state index in [1.54, 1.807) is 37.4 Å². The number of benzene rings is 3. The predicted octanol–water partition coefficient (Wildman–Crippen LogP) is 5.74. The first kappa shape index (κ1) is 26.4. The van der Waals surface area contributed by atoms with Gasteiger partial charge >= 0.3 is 0 Å². The molecule has 1 saturated heterocycles. The van der Waals surface area contributed by atoms with E-state index in [1.165, 1.54) is 0 Å². The van der Waals surface area contributed by atoms with Crippen LogP contribution in [0.3, 0.4) is 0 Å². The highest BCUT2D eigenvalue weighted by Crippen LogP contribution is 2.26. The third kappa shape index (κ3) is 6.54. The Morgan fingerprint density at radius 1 is 0.973 bits per heavy atom. The highest BCUT2D eigenvalue weighted by molar-refractivity contribution is 6.31. The second kappa shape index (κ2) is 12.0. The molecular formula is C29H32ClN3O4. The number of carbonyl (C=O) groups is 2. The lowest BCUT2D eigenvalue weighted by molar-refractivity contribution is 0.0743. The summed E-state index contributed by atoms with van der Waals surface area (Å²) in [4.78, 5) is 29.7. The molecule has 3 aromatic rings. The minimum atomic E-state index is -0.175. The number of rotatable bonds is 8. The standard InChI is InChI=1S/C29H32ClN3O4/c1-4-20(2)37-25-12-5-21(6-13-25)28(34)31-23-8-10-24(11-9-23)32-15-17-33(18-16-32)29(35)26-19-22(30)7-14-27(26)36-3/h5-14,19-20H,4,15-18H2,1-3H3,(H,31,34)/t20-/m1/s1. The van der Waals surface area contributed by atoms with Gasteiger partial charge in [-0.3, -0.25) is 9.59 Å². The summed E-state index contributed by atoms with van der Waals surface area (Å²) in [6, 6.07) is 20.0. The van der Waals surface area contributed by atoms with Gasteiger partial charge < -0.3 is 24.6 Å². The van der Waals surface area contributed by atoms with Crippen LogP contribution < -0.4 is 19.7 Å². The summed E-state index contributed by atoms with van der Waals surface area (Å²) >= 11 is 6.10. The van der Waals surface area contributed by atoms with E-state index in [1.807, 2.05) is 48.2 Å². The van der Waals surface area contributed by atoms with Crippen molar-refractivity contribution in [1.82, 2.24) is 4.90 Å². The van der Waals surface area contributed by atoms with Gasteiger partial charge in [-0.15, -0.1) is 0 Å². The molecule has 0 aromatic heterocycles. The Morgan fingerprint density at radius 3 is 2.27 bits per heavy atom. The number of hydrogen-bond donors (Lipinski definition) is 1. The quantitative estimate of drug-likeness (QED) is 0.409. The number of amides is 2. The van der Waals surface area contributed by atoms with E-state index < -0.39 is 0 Å². The SMILES string of the molecule is CC[C@@H](C)Oc1ccc(C(=O)Nc2ccc(N3CCN(C(=O)c4cc(Cl)ccc4OC)CC3)cc2)cc1. The van der Waals surface area contributed by atoms with E-state index in [2.05, 4.69) is 17.1 Å². The summed E-state index contributed by atoms with van der Waals surface area (Å²) < 4.78 is 11.1. The Kier molecular flexibility index (Phi) is 8.56. The van der Waals surface area contributed by atoms with Crippen LogP contribution in [0.1, 0.15) is 41.0 Å². The zero-order valence-corrected chi connectivity index (χ0v) is 22.1. The Labute approximate surface area is 222 Å². The Bertz CT molecular complexity index is 1220. The van der Waals surface area contributed by atoms with Crippen molar-refractivity contribution in [2.75, 3.05) is 43.5 Å². The van der Waals surface area contributed by atoms with Crippen LogP contribution in [-0.2, 0) is 0 Å². The predicted molar refractivity (Wildman–Crippen MR) is 147 cm³/mol. The Hall–Kier alpha value is -3.71. The van der Waals surface area contributed by atoms with Crippen molar-refractivity contribution >= 4 is 34.8 Å². The van der Waals surface area contributed by atoms with E-state index in [0.717, 1.165) is 23.5 Å². The van der Waals surface area contributed by atoms with Gasteiger partial charge in [0.05, 0.1) is 18.8 Å². The van der Waals surface area contributed by atoms with Gasteiger partial charge in [0, 0.05) is 48.1 Å². The van der Waals surface area contributed by atoms with Gasteiger partial charge in [-0.1, -0.05) is 18.5 Å². The van der Waals surface area contributed by atoms with Gasteiger partial charge in [-0.2, -0.15) is 0 Å². The van der Waals surface area contributed by atoms with E-state index in [0.29, 0.717) is 48.1 Å². The second-order valence-electron chi connectivity index (χ2n) is 8.99. The van der Waals surface area contributed by atoms with Crippen LogP contribution in [0.25, 0.3) is 0 Å². The normalized spacial score (nSPS) is 14.2. The number of carbonyl (C=O) groups excluding carboxylic acids is 2. The van der Waals surface area contributed by atoms with Gasteiger partial charge in [0.25, 0.3) is 11.8 Å². The summed E-state index contributed by atoms with van der Waals surface area (Å²) in [7, 11) is 1.55. The molecule has 37 heavy (non-hydrogen) atoms. The van der Waals surface area contributed by atoms with Gasteiger partial charge in [0.15, 0.2) is 0 Å². The number of methoxy groups -OCH3 is 1. The van der Waals surface area contributed by atoms with Gasteiger partial charge in [-0.05, 0) is 80.1 Å². The maximum Gasteiger partial charge on any atom is 0.257 e. The van der Waals surface area contributed by atoms with E-state index in [9.17, 15) is 9.59 Å². The van der Waals surface area contributed by atoms with Crippen LogP contribution in [0.5, 0.6) is 11.5 Å². The monoisotopic (exact) mass is 521 g/mol. The molecular weight excluding hydrogens is 490 g/mol. The van der Waals surface area contributed by atoms with Crippen LogP contribution in [0.15, 0.2) is 66.7 Å². The van der Waals surface area contributed by atoms with Gasteiger partial charge in [0.1, 0.15) is 11.5 Å². The molecule has 1 N–H and O–H groups in total. The lowest BCUT2D eigenvalue weighted by atomic mass is 10.1. The third-order valence-electron chi connectivity index (χ3n) is 6.48. The van der Waals surface area contributed by atoms with Crippen LogP contribution >= 0.6 is 11.6 Å². The molecule has 1 heterocycles. The smallest absolute Gasteiger partial charge is 0.257 e. The molecule has 0 bridgehead atoms. The van der Waals surface area contributed by atoms with Gasteiger partial charge in [-0.25, -0.2) is 0 Å². The maximum atomic E-state index is 13.0. The maximum absolute atomic E-state index is 13.0. The first-order valence-corrected chi connectivity index (χ1v) is 12.8. The average Bonchev–Trinajstić information content (AvgIpc) is 2.93. The Morgan fingerprint density at radius 2 is 1.65 bits per heavy atom. The van der Waals surface area contributed by atoms with E-state index in [4.69, 9.17) is 21.1 Å². The minimum Gasteiger partial charge on any atom is -0.496 e. The molecule has 1 atom stereocenters. The summed E-state index contributed by atoms with van der Waals surface area (Å²) in [5.74, 6) is 1.01. The van der Waals surface area contributed by atoms with E-state index in [-0.39, 0.29) is 17.9 Å². The minimum absolute atomic E-state index is 0.0865. The van der Waals surface area contributed by atoms with Crippen molar-refractivity contribution in [3.05, 3.63) is 82.9 Å². The zero-order valence-electron chi connectivity index (χ0n) is 21.4. The third-order valence-corrected chi connectivity index (χ3v) is 6.71. The van der Waals surface area contributed by atoms with Gasteiger partial charge in [0.2, 0.25) is 0 Å². The van der Waals surface area contributed by atoms with E-state index >= 15 is 0 Å². The fraction of sp³-hybridized carbons (Fsp3) is 0.310. The number of nitrogens with zero attached hydrogens (tertiary/aromatic N) is 2. The van der Waals surface area contributed by atoms with Crippen molar-refractivity contribution in [1.29, 1.82) is 0 Å². The molecule has 8 heteroatoms. The molecule has 2 amide bonds. The summed E-state index contributed by atoms with van der Waals surface area (Å²) in [5.41, 5.74) is 2.80. The lowest BCUT2D eigenvalue weighted by Gasteiger charge is -2.36. The molecule has 1 fully saturated rings.